The summed E-state index contributed by atoms with van der Waals surface area (Å²) in [5.74, 6) is -0.638. The Morgan fingerprint density at radius 1 is 1.04 bits per heavy atom. The predicted octanol–water partition coefficient (Wildman–Crippen LogP) is 3.95. The minimum absolute atomic E-state index is 0.0646. The van der Waals surface area contributed by atoms with Crippen molar-refractivity contribution in [1.82, 2.24) is 9.80 Å². The lowest BCUT2D eigenvalue weighted by Crippen LogP contribution is -2.30. The Kier molecular flexibility index (Phi) is 6.31. The maximum Gasteiger partial charge on any atom is 0.255 e. The van der Waals surface area contributed by atoms with E-state index in [1.807, 2.05) is 19.1 Å². The summed E-state index contributed by atoms with van der Waals surface area (Å²) in [6.07, 6.45) is 0. The minimum atomic E-state index is -0.396. The van der Waals surface area contributed by atoms with E-state index < -0.39 is 5.82 Å². The van der Waals surface area contributed by atoms with Gasteiger partial charge in [0.1, 0.15) is 5.82 Å². The second-order valence-corrected chi connectivity index (χ2v) is 6.69. The smallest absolute Gasteiger partial charge is 0.255 e. The molecule has 0 spiro atoms. The normalized spacial score (nSPS) is 10.4. The van der Waals surface area contributed by atoms with Crippen LogP contribution in [0.15, 0.2) is 46.9 Å². The van der Waals surface area contributed by atoms with Gasteiger partial charge in [0.15, 0.2) is 0 Å². The van der Waals surface area contributed by atoms with Crippen molar-refractivity contribution in [3.8, 4) is 0 Å². The zero-order chi connectivity index (χ0) is 18.6. The van der Waals surface area contributed by atoms with E-state index in [-0.39, 0.29) is 11.8 Å². The van der Waals surface area contributed by atoms with Crippen molar-refractivity contribution >= 4 is 27.7 Å². The third-order valence-corrected chi connectivity index (χ3v) is 4.47. The minimum Gasteiger partial charge on any atom is -0.345 e. The molecule has 2 aromatic carbocycles. The molecule has 2 rings (SSSR count). The second-order valence-electron chi connectivity index (χ2n) is 5.84. The number of hydrogen-bond donors (Lipinski definition) is 0. The van der Waals surface area contributed by atoms with Crippen LogP contribution < -0.4 is 0 Å². The standard InChI is InChI=1S/C19H20BrFN2O2/c1-4-23(19(25)16-10-9-15(21)11-17(16)20)12-13-5-7-14(8-6-13)18(24)22(2)3/h5-11H,4,12H2,1-3H3. The molecule has 6 heteroatoms. The van der Waals surface area contributed by atoms with Gasteiger partial charge in [-0.3, -0.25) is 9.59 Å². The van der Waals surface area contributed by atoms with Crippen LogP contribution in [0.2, 0.25) is 0 Å². The maximum atomic E-state index is 13.2. The molecule has 132 valence electrons. The van der Waals surface area contributed by atoms with Gasteiger partial charge in [0.05, 0.1) is 5.56 Å². The van der Waals surface area contributed by atoms with Crippen LogP contribution in [-0.4, -0.2) is 42.3 Å². The highest BCUT2D eigenvalue weighted by Crippen LogP contribution is 2.21. The summed E-state index contributed by atoms with van der Waals surface area (Å²) in [5, 5.41) is 0. The Hall–Kier alpha value is -2.21. The van der Waals surface area contributed by atoms with Crippen molar-refractivity contribution < 1.29 is 14.0 Å². The number of benzene rings is 2. The Labute approximate surface area is 155 Å². The topological polar surface area (TPSA) is 40.6 Å². The van der Waals surface area contributed by atoms with E-state index in [1.165, 1.54) is 23.1 Å². The molecule has 0 aliphatic carbocycles. The molecule has 4 nitrogen and oxygen atoms in total. The average molecular weight is 407 g/mol. The first-order valence-electron chi connectivity index (χ1n) is 7.88. The summed E-state index contributed by atoms with van der Waals surface area (Å²) in [4.78, 5) is 27.8. The molecule has 2 aromatic rings. The fraction of sp³-hybridized carbons (Fsp3) is 0.263. The first kappa shape index (κ1) is 19.1. The molecule has 0 radical (unpaired) electrons. The molecule has 2 amide bonds. The second kappa shape index (κ2) is 8.25. The lowest BCUT2D eigenvalue weighted by Gasteiger charge is -2.22. The highest BCUT2D eigenvalue weighted by atomic mass is 79.9. The summed E-state index contributed by atoms with van der Waals surface area (Å²) in [6.45, 7) is 2.82. The largest absolute Gasteiger partial charge is 0.345 e. The average Bonchev–Trinajstić information content (AvgIpc) is 2.59. The van der Waals surface area contributed by atoms with Crippen LogP contribution in [-0.2, 0) is 6.54 Å². The quantitative estimate of drug-likeness (QED) is 0.753. The summed E-state index contributed by atoms with van der Waals surface area (Å²) >= 11 is 3.24. The first-order valence-corrected chi connectivity index (χ1v) is 8.67. The molecule has 0 saturated heterocycles. The summed E-state index contributed by atoms with van der Waals surface area (Å²) in [5.41, 5.74) is 1.94. The summed E-state index contributed by atoms with van der Waals surface area (Å²) in [7, 11) is 3.41. The van der Waals surface area contributed by atoms with Gasteiger partial charge >= 0.3 is 0 Å². The molecule has 0 atom stereocenters. The molecule has 25 heavy (non-hydrogen) atoms. The Morgan fingerprint density at radius 3 is 2.20 bits per heavy atom. The van der Waals surface area contributed by atoms with Crippen LogP contribution in [0.3, 0.4) is 0 Å². The van der Waals surface area contributed by atoms with E-state index in [4.69, 9.17) is 0 Å². The molecule has 0 aliphatic heterocycles. The molecule has 0 aliphatic rings. The van der Waals surface area contributed by atoms with E-state index in [0.717, 1.165) is 5.56 Å². The monoisotopic (exact) mass is 406 g/mol. The molecular formula is C19H20BrFN2O2. The Bertz CT molecular complexity index is 775. The van der Waals surface area contributed by atoms with E-state index in [0.29, 0.717) is 28.7 Å². The first-order chi connectivity index (χ1) is 11.8. The number of rotatable bonds is 5. The van der Waals surface area contributed by atoms with Crippen molar-refractivity contribution in [1.29, 1.82) is 0 Å². The Morgan fingerprint density at radius 2 is 1.68 bits per heavy atom. The van der Waals surface area contributed by atoms with Crippen molar-refractivity contribution in [2.45, 2.75) is 13.5 Å². The summed E-state index contributed by atoms with van der Waals surface area (Å²) in [6, 6.07) is 11.2. The van der Waals surface area contributed by atoms with Gasteiger partial charge in [-0.05, 0) is 58.7 Å². The molecule has 0 heterocycles. The zero-order valence-corrected chi connectivity index (χ0v) is 16.0. The number of carbonyl (C=O) groups excluding carboxylic acids is 2. The molecule has 0 saturated carbocycles. The number of carbonyl (C=O) groups is 2. The zero-order valence-electron chi connectivity index (χ0n) is 14.4. The molecule has 0 fully saturated rings. The fourth-order valence-corrected chi connectivity index (χ4v) is 2.91. The SMILES string of the molecule is CCN(Cc1ccc(C(=O)N(C)C)cc1)C(=O)c1ccc(F)cc1Br. The fourth-order valence-electron chi connectivity index (χ4n) is 2.39. The van der Waals surface area contributed by atoms with Gasteiger partial charge in [0.2, 0.25) is 0 Å². The van der Waals surface area contributed by atoms with Gasteiger partial charge in [-0.15, -0.1) is 0 Å². The molecular weight excluding hydrogens is 387 g/mol. The number of halogens is 2. The van der Waals surface area contributed by atoms with Crippen LogP contribution in [0.5, 0.6) is 0 Å². The molecule has 0 unspecified atom stereocenters. The molecule has 0 bridgehead atoms. The third kappa shape index (κ3) is 4.66. The van der Waals surface area contributed by atoms with Crippen molar-refractivity contribution in [3.63, 3.8) is 0 Å². The van der Waals surface area contributed by atoms with Crippen LogP contribution in [0.25, 0.3) is 0 Å². The Balaban J connectivity index is 2.16. The number of amides is 2. The van der Waals surface area contributed by atoms with Crippen molar-refractivity contribution in [3.05, 3.63) is 69.4 Å². The van der Waals surface area contributed by atoms with Crippen LogP contribution in [0.1, 0.15) is 33.2 Å². The maximum absolute atomic E-state index is 13.2. The van der Waals surface area contributed by atoms with Crippen LogP contribution >= 0.6 is 15.9 Å². The lowest BCUT2D eigenvalue weighted by molar-refractivity contribution is 0.0750. The highest BCUT2D eigenvalue weighted by Gasteiger charge is 2.18. The van der Waals surface area contributed by atoms with Crippen molar-refractivity contribution in [2.75, 3.05) is 20.6 Å². The van der Waals surface area contributed by atoms with Gasteiger partial charge < -0.3 is 9.80 Å². The predicted molar refractivity (Wildman–Crippen MR) is 99.0 cm³/mol. The van der Waals surface area contributed by atoms with Gasteiger partial charge in [-0.2, -0.15) is 0 Å². The van der Waals surface area contributed by atoms with Gasteiger partial charge in [-0.25, -0.2) is 4.39 Å². The van der Waals surface area contributed by atoms with E-state index >= 15 is 0 Å². The third-order valence-electron chi connectivity index (χ3n) is 3.81. The van der Waals surface area contributed by atoms with E-state index in [2.05, 4.69) is 15.9 Å². The van der Waals surface area contributed by atoms with Gasteiger partial charge in [0.25, 0.3) is 11.8 Å². The van der Waals surface area contributed by atoms with Crippen LogP contribution in [0.4, 0.5) is 4.39 Å². The van der Waals surface area contributed by atoms with Gasteiger partial charge in [0, 0.05) is 37.2 Å². The van der Waals surface area contributed by atoms with Crippen LogP contribution in [0, 0.1) is 5.82 Å². The lowest BCUT2D eigenvalue weighted by atomic mass is 10.1. The molecule has 0 aromatic heterocycles. The number of nitrogens with zero attached hydrogens (tertiary/aromatic N) is 2. The molecule has 0 N–H and O–H groups in total. The van der Waals surface area contributed by atoms with Crippen molar-refractivity contribution in [2.24, 2.45) is 0 Å². The van der Waals surface area contributed by atoms with Gasteiger partial charge in [-0.1, -0.05) is 12.1 Å². The summed E-state index contributed by atoms with van der Waals surface area (Å²) < 4.78 is 13.6. The van der Waals surface area contributed by atoms with E-state index in [1.54, 1.807) is 31.1 Å². The van der Waals surface area contributed by atoms with E-state index in [9.17, 15) is 14.0 Å². The highest BCUT2D eigenvalue weighted by molar-refractivity contribution is 9.10. The number of hydrogen-bond acceptors (Lipinski definition) is 2.